The highest BCUT2D eigenvalue weighted by molar-refractivity contribution is 5.40. The molecule has 2 unspecified atom stereocenters. The Morgan fingerprint density at radius 2 is 2.29 bits per heavy atom. The number of rotatable bonds is 6. The molecule has 1 aromatic rings. The summed E-state index contributed by atoms with van der Waals surface area (Å²) in [5.41, 5.74) is 2.72. The number of hydrogen-bond acceptors (Lipinski definition) is 3. The average molecular weight is 288 g/mol. The summed E-state index contributed by atoms with van der Waals surface area (Å²) in [5, 5.41) is 3.57. The van der Waals surface area contributed by atoms with E-state index in [9.17, 15) is 0 Å². The summed E-state index contributed by atoms with van der Waals surface area (Å²) in [4.78, 5) is 2.63. The molecule has 2 heterocycles. The fourth-order valence-corrected chi connectivity index (χ4v) is 3.62. The fraction of sp³-hybridized carbons (Fsp3) is 0.667. The molecule has 2 aliphatic rings. The minimum Gasteiger partial charge on any atom is -0.488 e. The van der Waals surface area contributed by atoms with Gasteiger partial charge in [0.25, 0.3) is 0 Å². The lowest BCUT2D eigenvalue weighted by Crippen LogP contribution is -2.43. The SMILES string of the molecule is CCCNCC1CCCN1CC1Cc2cc(C)ccc2O1. The minimum absolute atomic E-state index is 0.341. The number of hydrogen-bond donors (Lipinski definition) is 1. The highest BCUT2D eigenvalue weighted by atomic mass is 16.5. The van der Waals surface area contributed by atoms with Crippen molar-refractivity contribution in [3.05, 3.63) is 29.3 Å². The van der Waals surface area contributed by atoms with Crippen molar-refractivity contribution in [2.75, 3.05) is 26.2 Å². The molecule has 0 aliphatic carbocycles. The van der Waals surface area contributed by atoms with E-state index >= 15 is 0 Å². The highest BCUT2D eigenvalue weighted by Crippen LogP contribution is 2.30. The molecular formula is C18H28N2O. The monoisotopic (exact) mass is 288 g/mol. The molecule has 0 radical (unpaired) electrons. The molecule has 0 spiro atoms. The Labute approximate surface area is 128 Å². The van der Waals surface area contributed by atoms with Gasteiger partial charge in [0.2, 0.25) is 0 Å². The maximum absolute atomic E-state index is 6.14. The van der Waals surface area contributed by atoms with Gasteiger partial charge in [0.05, 0.1) is 0 Å². The van der Waals surface area contributed by atoms with Gasteiger partial charge in [-0.3, -0.25) is 4.90 Å². The van der Waals surface area contributed by atoms with E-state index in [0.717, 1.165) is 31.8 Å². The van der Waals surface area contributed by atoms with Crippen molar-refractivity contribution in [3.63, 3.8) is 0 Å². The third kappa shape index (κ3) is 3.58. The van der Waals surface area contributed by atoms with E-state index in [-0.39, 0.29) is 0 Å². The number of aryl methyl sites for hydroxylation is 1. The van der Waals surface area contributed by atoms with Crippen molar-refractivity contribution in [1.29, 1.82) is 0 Å². The molecule has 3 nitrogen and oxygen atoms in total. The predicted molar refractivity (Wildman–Crippen MR) is 87.1 cm³/mol. The fourth-order valence-electron chi connectivity index (χ4n) is 3.62. The third-order valence-corrected chi connectivity index (χ3v) is 4.70. The largest absolute Gasteiger partial charge is 0.488 e. The molecule has 3 heteroatoms. The first kappa shape index (κ1) is 14.9. The second-order valence-corrected chi connectivity index (χ2v) is 6.55. The van der Waals surface area contributed by atoms with E-state index < -0.39 is 0 Å². The van der Waals surface area contributed by atoms with Crippen LogP contribution in [0.1, 0.15) is 37.3 Å². The van der Waals surface area contributed by atoms with Crippen molar-refractivity contribution in [3.8, 4) is 5.75 Å². The van der Waals surface area contributed by atoms with Crippen LogP contribution in [0.15, 0.2) is 18.2 Å². The first-order chi connectivity index (χ1) is 10.3. The lowest BCUT2D eigenvalue weighted by Gasteiger charge is -2.27. The van der Waals surface area contributed by atoms with E-state index in [1.807, 2.05) is 0 Å². The standard InChI is InChI=1S/C18H28N2O/c1-3-8-19-12-16-5-4-9-20(16)13-17-11-15-10-14(2)6-7-18(15)21-17/h6-7,10,16-17,19H,3-5,8-9,11-13H2,1-2H3. The number of nitrogens with zero attached hydrogens (tertiary/aromatic N) is 1. The van der Waals surface area contributed by atoms with E-state index in [4.69, 9.17) is 4.74 Å². The molecule has 1 aromatic carbocycles. The van der Waals surface area contributed by atoms with Crippen LogP contribution in [0.2, 0.25) is 0 Å². The van der Waals surface area contributed by atoms with Gasteiger partial charge in [-0.1, -0.05) is 24.6 Å². The highest BCUT2D eigenvalue weighted by Gasteiger charge is 2.30. The Balaban J connectivity index is 1.53. The Hall–Kier alpha value is -1.06. The summed E-state index contributed by atoms with van der Waals surface area (Å²) < 4.78 is 6.14. The molecular weight excluding hydrogens is 260 g/mol. The lowest BCUT2D eigenvalue weighted by atomic mass is 10.1. The lowest BCUT2D eigenvalue weighted by molar-refractivity contribution is 0.140. The maximum Gasteiger partial charge on any atom is 0.123 e. The summed E-state index contributed by atoms with van der Waals surface area (Å²) in [6, 6.07) is 7.26. The second-order valence-electron chi connectivity index (χ2n) is 6.55. The zero-order valence-corrected chi connectivity index (χ0v) is 13.4. The zero-order valence-electron chi connectivity index (χ0n) is 13.4. The van der Waals surface area contributed by atoms with Crippen LogP contribution >= 0.6 is 0 Å². The normalized spacial score (nSPS) is 25.0. The predicted octanol–water partition coefficient (Wildman–Crippen LogP) is 2.76. The van der Waals surface area contributed by atoms with Crippen LogP contribution in [-0.2, 0) is 6.42 Å². The molecule has 0 aromatic heterocycles. The van der Waals surface area contributed by atoms with Crippen molar-refractivity contribution < 1.29 is 4.74 Å². The Morgan fingerprint density at radius 1 is 1.38 bits per heavy atom. The third-order valence-electron chi connectivity index (χ3n) is 4.70. The van der Waals surface area contributed by atoms with Crippen LogP contribution in [0.3, 0.4) is 0 Å². The Bertz CT molecular complexity index is 474. The van der Waals surface area contributed by atoms with E-state index in [0.29, 0.717) is 12.1 Å². The summed E-state index contributed by atoms with van der Waals surface area (Å²) in [7, 11) is 0. The second kappa shape index (κ2) is 6.80. The smallest absolute Gasteiger partial charge is 0.123 e. The average Bonchev–Trinajstić information content (AvgIpc) is 3.06. The molecule has 2 aliphatic heterocycles. The van der Waals surface area contributed by atoms with Crippen molar-refractivity contribution in [2.45, 2.75) is 51.7 Å². The summed E-state index contributed by atoms with van der Waals surface area (Å²) in [5.74, 6) is 1.10. The van der Waals surface area contributed by atoms with Gasteiger partial charge in [-0.25, -0.2) is 0 Å². The molecule has 0 bridgehead atoms. The van der Waals surface area contributed by atoms with Crippen molar-refractivity contribution in [2.24, 2.45) is 0 Å². The van der Waals surface area contributed by atoms with Gasteiger partial charge in [0.15, 0.2) is 0 Å². The van der Waals surface area contributed by atoms with Gasteiger partial charge in [0, 0.05) is 25.6 Å². The van der Waals surface area contributed by atoms with E-state index in [1.54, 1.807) is 0 Å². The summed E-state index contributed by atoms with van der Waals surface area (Å²) in [6.07, 6.45) is 5.29. The molecule has 0 saturated carbocycles. The van der Waals surface area contributed by atoms with E-state index in [2.05, 4.69) is 42.3 Å². The van der Waals surface area contributed by atoms with Crippen LogP contribution in [0.4, 0.5) is 0 Å². The van der Waals surface area contributed by atoms with Crippen LogP contribution in [0.25, 0.3) is 0 Å². The molecule has 1 fully saturated rings. The van der Waals surface area contributed by atoms with Crippen molar-refractivity contribution in [1.82, 2.24) is 10.2 Å². The molecule has 116 valence electrons. The van der Waals surface area contributed by atoms with Crippen molar-refractivity contribution >= 4 is 0 Å². The van der Waals surface area contributed by atoms with Crippen LogP contribution in [-0.4, -0.2) is 43.2 Å². The Kier molecular flexibility index (Phi) is 4.81. The number of ether oxygens (including phenoxy) is 1. The number of fused-ring (bicyclic) bond motifs is 1. The maximum atomic E-state index is 6.14. The van der Waals surface area contributed by atoms with Gasteiger partial charge in [-0.05, 0) is 50.9 Å². The topological polar surface area (TPSA) is 24.5 Å². The van der Waals surface area contributed by atoms with Crippen LogP contribution in [0, 0.1) is 6.92 Å². The molecule has 1 N–H and O–H groups in total. The number of nitrogens with one attached hydrogen (secondary N) is 1. The molecule has 0 amide bonds. The van der Waals surface area contributed by atoms with Crippen LogP contribution < -0.4 is 10.1 Å². The van der Waals surface area contributed by atoms with Crippen LogP contribution in [0.5, 0.6) is 5.75 Å². The molecule has 2 atom stereocenters. The minimum atomic E-state index is 0.341. The van der Waals surface area contributed by atoms with E-state index in [1.165, 1.54) is 36.9 Å². The summed E-state index contributed by atoms with van der Waals surface area (Å²) >= 11 is 0. The first-order valence-electron chi connectivity index (χ1n) is 8.47. The van der Waals surface area contributed by atoms with Gasteiger partial charge in [-0.2, -0.15) is 0 Å². The first-order valence-corrected chi connectivity index (χ1v) is 8.47. The molecule has 3 rings (SSSR count). The Morgan fingerprint density at radius 3 is 3.14 bits per heavy atom. The quantitative estimate of drug-likeness (QED) is 0.815. The number of benzene rings is 1. The number of likely N-dealkylation sites (tertiary alicyclic amines) is 1. The van der Waals surface area contributed by atoms with Gasteiger partial charge in [0.1, 0.15) is 11.9 Å². The zero-order chi connectivity index (χ0) is 14.7. The van der Waals surface area contributed by atoms with Gasteiger partial charge < -0.3 is 10.1 Å². The molecule has 21 heavy (non-hydrogen) atoms. The summed E-state index contributed by atoms with van der Waals surface area (Å²) in [6.45, 7) is 8.95. The molecule has 1 saturated heterocycles. The van der Waals surface area contributed by atoms with Gasteiger partial charge in [-0.15, -0.1) is 0 Å². The van der Waals surface area contributed by atoms with Gasteiger partial charge >= 0.3 is 0 Å².